The molecule has 0 aliphatic rings. The van der Waals surface area contributed by atoms with E-state index in [1.165, 1.54) is 0 Å². The molecule has 0 fully saturated rings. The Morgan fingerprint density at radius 2 is 0.119 bits per heavy atom. The molecule has 58 heteroatoms. The van der Waals surface area contributed by atoms with Crippen LogP contribution in [0.25, 0.3) is 0 Å². The summed E-state index contributed by atoms with van der Waals surface area (Å²) in [4.78, 5) is 8.56. The van der Waals surface area contributed by atoms with Gasteiger partial charge in [0, 0.05) is 0 Å². The maximum atomic E-state index is 8.56. The second-order valence-corrected chi connectivity index (χ2v) is 0.283. The number of rotatable bonds is 0. The first-order chi connectivity index (χ1) is 1.73. The summed E-state index contributed by atoms with van der Waals surface area (Å²) in [5, 5.41) is 13.9. The molecule has 0 heterocycles. The zero-order valence-electron chi connectivity index (χ0n) is 40.7. The van der Waals surface area contributed by atoms with Gasteiger partial charge < -0.3 is 10.2 Å². The van der Waals surface area contributed by atoms with Crippen molar-refractivity contribution in [2.75, 3.05) is 0 Å². The summed E-state index contributed by atoms with van der Waals surface area (Å²) in [6, 6.07) is 0. The van der Waals surface area contributed by atoms with E-state index in [4.69, 9.17) is 15.0 Å². The summed E-state index contributed by atoms with van der Waals surface area (Å²) in [6.45, 7) is 0. The Kier molecular flexibility index (Phi) is 4160. The van der Waals surface area contributed by atoms with Crippen molar-refractivity contribution in [2.24, 2.45) is 0 Å². The molecule has 24 valence electrons. The second-order valence-electron chi connectivity index (χ2n) is 0.283. The van der Waals surface area contributed by atoms with Crippen LogP contribution in [0.1, 0.15) is 0 Å². The van der Waals surface area contributed by atoms with Gasteiger partial charge in [-0.3, -0.25) is 0 Å². The van der Waals surface area contributed by atoms with Crippen molar-refractivity contribution in [1.82, 2.24) is 0 Å². The van der Waals surface area contributed by atoms with Crippen LogP contribution in [0, 0.1) is 0 Å². The van der Waals surface area contributed by atoms with Crippen molar-refractivity contribution < 1.29 is 15.0 Å². The van der Waals surface area contributed by atoms with Crippen LogP contribution in [0.5, 0.6) is 0 Å². The molecule has 0 bridgehead atoms. The molecule has 0 aliphatic heterocycles. The van der Waals surface area contributed by atoms with E-state index in [1.54, 1.807) is 0 Å². The van der Waals surface area contributed by atoms with Gasteiger partial charge in [0.25, 0.3) is 0 Å². The minimum atomic E-state index is -1.83. The van der Waals surface area contributed by atoms with Crippen LogP contribution in [0.2, 0.25) is 0 Å². The van der Waals surface area contributed by atoms with E-state index < -0.39 is 6.16 Å². The van der Waals surface area contributed by atoms with Crippen LogP contribution in [0.3, 0.4) is 0 Å². The molecule has 0 aromatic rings. The fourth-order valence-corrected chi connectivity index (χ4v) is 0. The molecule has 0 saturated heterocycles. The first kappa shape index (κ1) is 503. The smallest absolute Gasteiger partial charge is 0.450 e. The first-order valence-corrected chi connectivity index (χ1v) is 0.651. The average Bonchev–Trinajstić information content (AvgIpc) is 0.811. The molecule has 0 saturated carbocycles. The molecule has 0 aliphatic carbocycles. The van der Waals surface area contributed by atoms with Crippen LogP contribution in [0.15, 0.2) is 0 Å². The monoisotopic (exact) mass is 1380 g/mol. The van der Waals surface area contributed by atoms with Gasteiger partial charge in [-0.2, -0.15) is 0 Å². The van der Waals surface area contributed by atoms with Crippen LogP contribution in [0.4, 0.5) is 4.79 Å². The van der Waals surface area contributed by atoms with Crippen molar-refractivity contribution >= 4 is 1270 Å². The Balaban J connectivity index is -0.0000000000303. The van der Waals surface area contributed by atoms with Crippen LogP contribution >= 0.6 is 0 Å². The topological polar surface area (TPSA) is 57.5 Å². The predicted octanol–water partition coefficient (Wildman–Crippen LogP) is -20.7. The van der Waals surface area contributed by atoms with Crippen molar-refractivity contribution in [3.63, 3.8) is 0 Å². The average molecular weight is 1400 g/mol. The van der Waals surface area contributed by atoms with Crippen molar-refractivity contribution in [1.29, 1.82) is 0 Å². The van der Waals surface area contributed by atoms with Crippen LogP contribution in [-0.2, 0) is 0 Å². The maximum Gasteiger partial charge on any atom is 2.00 e. The molecule has 2 N–H and O–H groups in total. The molecule has 0 spiro atoms. The normalized spacial score (nSPS) is 0.407. The predicted molar refractivity (Wildman–Crippen MR) is 327 cm³/mol. The first-order valence-electron chi connectivity index (χ1n) is 0.651. The van der Waals surface area contributed by atoms with E-state index in [-0.39, 0.29) is 1270 Å². The second kappa shape index (κ2) is 488. The Bertz CT molecular complexity index is 47.4. The van der Waals surface area contributed by atoms with Gasteiger partial charge in [0.2, 0.25) is 0 Å². The molecular weight excluding hydrogens is 1400 g/mol. The third-order valence-corrected chi connectivity index (χ3v) is 0. The molecular formula is CH2Mg55O3+110. The SMILES string of the molecule is O=C(O)O.[Mg+2].[Mg+2].[Mg+2].[Mg+2].[Mg+2].[Mg+2].[Mg+2].[Mg+2].[Mg+2].[Mg+2].[Mg+2].[Mg+2].[Mg+2].[Mg+2].[Mg+2].[Mg+2].[Mg+2].[Mg+2].[Mg+2].[Mg+2].[Mg+2].[Mg+2].[Mg+2].[Mg+2].[Mg+2].[Mg+2].[Mg+2].[Mg+2].[Mg+2].[Mg+2].[Mg+2].[Mg+2].[Mg+2].[Mg+2].[Mg+2].[Mg+2].[Mg+2].[Mg+2].[Mg+2].[Mg+2].[Mg+2].[Mg+2].[Mg+2].[Mg+2].[Mg+2].[Mg+2].[Mg+2].[Mg+2].[Mg+2].[Mg+2].[Mg+2].[Mg+2].[Mg+2].[Mg+2].[Mg+2]. The number of carboxylic acid groups (broad SMARTS) is 2. The van der Waals surface area contributed by atoms with Crippen molar-refractivity contribution in [3.05, 3.63) is 0 Å². The number of carbonyl (C=O) groups is 1. The quantitative estimate of drug-likeness (QED) is 0.238. The summed E-state index contributed by atoms with van der Waals surface area (Å²) in [6.07, 6.45) is -1.83. The standard InChI is InChI=1S/CH2O3.55Mg/c2-1(3)4;;;;;;;;;;;;;;;;;;;;;;;;;;;;;;;;;;;;;;;;;;;;;;;;;;;;;;;/h(H2,2,3,4);;;;;;;;;;;;;;;;;;;;;;;;;;;;;;;;;;;;;;;;;;;;;;;;;;;;;;;/q;55*+2. The fraction of sp³-hybridized carbons (Fsp3) is 0. The molecule has 3 nitrogen and oxygen atoms in total. The summed E-state index contributed by atoms with van der Waals surface area (Å²) in [7, 11) is 0. The minimum Gasteiger partial charge on any atom is -0.450 e. The van der Waals surface area contributed by atoms with Gasteiger partial charge in [0.05, 0.1) is 0 Å². The van der Waals surface area contributed by atoms with Crippen molar-refractivity contribution in [3.8, 4) is 0 Å². The molecule has 0 amide bonds. The van der Waals surface area contributed by atoms with E-state index >= 15 is 0 Å². The van der Waals surface area contributed by atoms with Gasteiger partial charge in [-0.25, -0.2) is 4.79 Å². The molecule has 0 aromatic carbocycles. The molecule has 0 unspecified atom stereocenters. The molecule has 59 heavy (non-hydrogen) atoms. The van der Waals surface area contributed by atoms with Gasteiger partial charge in [-0.05, 0) is 0 Å². The van der Waals surface area contributed by atoms with E-state index in [2.05, 4.69) is 0 Å². The summed E-state index contributed by atoms with van der Waals surface area (Å²) in [5.74, 6) is 0. The summed E-state index contributed by atoms with van der Waals surface area (Å²) >= 11 is 0. The third-order valence-electron chi connectivity index (χ3n) is 0. The molecule has 0 aromatic heterocycles. The Labute approximate surface area is 1250 Å². The van der Waals surface area contributed by atoms with Gasteiger partial charge in [-0.1, -0.05) is 0 Å². The van der Waals surface area contributed by atoms with Crippen molar-refractivity contribution in [2.45, 2.75) is 0 Å². The maximum absolute atomic E-state index is 8.56. The Morgan fingerprint density at radius 1 is 0.119 bits per heavy atom. The van der Waals surface area contributed by atoms with Gasteiger partial charge in [0.1, 0.15) is 0 Å². The molecule has 0 atom stereocenters. The molecule has 0 rings (SSSR count). The van der Waals surface area contributed by atoms with Gasteiger partial charge >= 0.3 is 1270 Å². The van der Waals surface area contributed by atoms with Gasteiger partial charge in [-0.15, -0.1) is 0 Å². The van der Waals surface area contributed by atoms with Crippen LogP contribution in [-0.4, -0.2) is 1280 Å². The van der Waals surface area contributed by atoms with Crippen LogP contribution < -0.4 is 0 Å². The van der Waals surface area contributed by atoms with E-state index in [1.807, 2.05) is 0 Å². The third kappa shape index (κ3) is 550. The number of hydrogen-bond acceptors (Lipinski definition) is 1. The summed E-state index contributed by atoms with van der Waals surface area (Å²) in [5.41, 5.74) is 0. The zero-order chi connectivity index (χ0) is 3.58. The Morgan fingerprint density at radius 3 is 0.119 bits per heavy atom. The summed E-state index contributed by atoms with van der Waals surface area (Å²) < 4.78 is 0. The zero-order valence-corrected chi connectivity index (χ0v) is 118. The number of hydrogen-bond donors (Lipinski definition) is 2. The largest absolute Gasteiger partial charge is 2.00 e. The van der Waals surface area contributed by atoms with E-state index in [0.717, 1.165) is 0 Å². The fourth-order valence-electron chi connectivity index (χ4n) is 0. The Hall–Kier alpha value is 41.4. The van der Waals surface area contributed by atoms with Gasteiger partial charge in [0.15, 0.2) is 0 Å². The minimum absolute atomic E-state index is 0. The van der Waals surface area contributed by atoms with E-state index in [9.17, 15) is 0 Å². The van der Waals surface area contributed by atoms with E-state index in [0.29, 0.717) is 0 Å². The molecule has 0 radical (unpaired) electrons.